The maximum Gasteiger partial charge on any atom is 0.438 e. The molecule has 0 aliphatic rings. The van der Waals surface area contributed by atoms with Gasteiger partial charge in [-0.2, -0.15) is 0 Å². The van der Waals surface area contributed by atoms with Crippen molar-refractivity contribution >= 4 is 11.6 Å². The normalized spacial score (nSPS) is 10.6. The number of nitrogens with one attached hydrogen (secondary N) is 1. The third kappa shape index (κ3) is 3.12. The summed E-state index contributed by atoms with van der Waals surface area (Å²) in [6.07, 6.45) is 0.236. The number of aromatic amines is 1. The van der Waals surface area contributed by atoms with Gasteiger partial charge in [-0.1, -0.05) is 28.9 Å². The lowest BCUT2D eigenvalue weighted by Gasteiger charge is -2.11. The van der Waals surface area contributed by atoms with Gasteiger partial charge in [0.2, 0.25) is 0 Å². The van der Waals surface area contributed by atoms with Crippen LogP contribution in [0, 0.1) is 0 Å². The number of para-hydroxylation sites is 1. The van der Waals surface area contributed by atoms with E-state index in [0.717, 1.165) is 0 Å². The Morgan fingerprint density at radius 3 is 2.77 bits per heavy atom. The van der Waals surface area contributed by atoms with Gasteiger partial charge in [0.1, 0.15) is 17.2 Å². The highest BCUT2D eigenvalue weighted by Crippen LogP contribution is 2.33. The molecule has 1 heterocycles. The Morgan fingerprint density at radius 1 is 1.23 bits per heavy atom. The van der Waals surface area contributed by atoms with Crippen LogP contribution in [0.1, 0.15) is 11.4 Å². The standard InChI is InChI=1S/C15H11ClN2O4/c16-11-3-1-2-4-13(11)21-12-6-5-10(19)7-9(12)8-14-17-15(20)22-18-14/h1-7,19H,8H2,(H,17,18,20). The maximum atomic E-state index is 11.0. The fourth-order valence-electron chi connectivity index (χ4n) is 1.97. The Balaban J connectivity index is 1.94. The summed E-state index contributed by atoms with van der Waals surface area (Å²) >= 11 is 6.07. The molecule has 112 valence electrons. The van der Waals surface area contributed by atoms with Gasteiger partial charge in [-0.05, 0) is 30.3 Å². The van der Waals surface area contributed by atoms with Gasteiger partial charge in [-0.25, -0.2) is 4.79 Å². The second-order valence-corrected chi connectivity index (χ2v) is 4.95. The van der Waals surface area contributed by atoms with Crippen LogP contribution in [-0.2, 0) is 6.42 Å². The van der Waals surface area contributed by atoms with Crippen molar-refractivity contribution in [1.82, 2.24) is 10.1 Å². The fourth-order valence-corrected chi connectivity index (χ4v) is 2.14. The van der Waals surface area contributed by atoms with Gasteiger partial charge in [-0.15, -0.1) is 0 Å². The number of halogens is 1. The third-order valence-electron chi connectivity index (χ3n) is 2.94. The number of benzene rings is 2. The highest BCUT2D eigenvalue weighted by atomic mass is 35.5. The summed E-state index contributed by atoms with van der Waals surface area (Å²) in [5.41, 5.74) is 0.629. The Morgan fingerprint density at radius 2 is 2.05 bits per heavy atom. The van der Waals surface area contributed by atoms with Gasteiger partial charge < -0.3 is 9.84 Å². The van der Waals surface area contributed by atoms with E-state index >= 15 is 0 Å². The number of aromatic hydroxyl groups is 1. The minimum absolute atomic E-state index is 0.0763. The van der Waals surface area contributed by atoms with Gasteiger partial charge >= 0.3 is 5.76 Å². The number of phenols is 1. The zero-order valence-corrected chi connectivity index (χ0v) is 12.0. The van der Waals surface area contributed by atoms with Crippen LogP contribution in [-0.4, -0.2) is 15.2 Å². The monoisotopic (exact) mass is 318 g/mol. The quantitative estimate of drug-likeness (QED) is 0.771. The van der Waals surface area contributed by atoms with Crippen molar-refractivity contribution < 1.29 is 14.4 Å². The lowest BCUT2D eigenvalue weighted by atomic mass is 10.1. The summed E-state index contributed by atoms with van der Waals surface area (Å²) in [7, 11) is 0. The van der Waals surface area contributed by atoms with E-state index in [4.69, 9.17) is 16.3 Å². The molecule has 6 nitrogen and oxygen atoms in total. The molecule has 0 fully saturated rings. The van der Waals surface area contributed by atoms with Crippen molar-refractivity contribution in [2.45, 2.75) is 6.42 Å². The van der Waals surface area contributed by atoms with E-state index in [0.29, 0.717) is 27.9 Å². The first-order valence-electron chi connectivity index (χ1n) is 6.41. The minimum Gasteiger partial charge on any atom is -0.508 e. The first-order valence-corrected chi connectivity index (χ1v) is 6.79. The van der Waals surface area contributed by atoms with Crippen LogP contribution < -0.4 is 10.5 Å². The molecule has 0 atom stereocenters. The molecule has 0 saturated carbocycles. The molecule has 0 spiro atoms. The highest BCUT2D eigenvalue weighted by molar-refractivity contribution is 6.32. The zero-order valence-electron chi connectivity index (χ0n) is 11.2. The van der Waals surface area contributed by atoms with E-state index in [9.17, 15) is 9.90 Å². The lowest BCUT2D eigenvalue weighted by molar-refractivity contribution is 0.381. The van der Waals surface area contributed by atoms with Crippen LogP contribution in [0.5, 0.6) is 17.2 Å². The number of rotatable bonds is 4. The van der Waals surface area contributed by atoms with Gasteiger partial charge in [-0.3, -0.25) is 9.51 Å². The largest absolute Gasteiger partial charge is 0.508 e. The third-order valence-corrected chi connectivity index (χ3v) is 3.26. The van der Waals surface area contributed by atoms with Crippen LogP contribution in [0.4, 0.5) is 0 Å². The molecule has 3 aromatic rings. The number of hydrogen-bond donors (Lipinski definition) is 2. The molecule has 7 heteroatoms. The molecule has 0 unspecified atom stereocenters. The van der Waals surface area contributed by atoms with Crippen molar-refractivity contribution in [3.8, 4) is 17.2 Å². The number of nitrogens with zero attached hydrogens (tertiary/aromatic N) is 1. The first-order chi connectivity index (χ1) is 10.6. The molecule has 0 saturated heterocycles. The van der Waals surface area contributed by atoms with E-state index in [2.05, 4.69) is 14.7 Å². The van der Waals surface area contributed by atoms with Crippen LogP contribution in [0.15, 0.2) is 51.8 Å². The van der Waals surface area contributed by atoms with Crippen molar-refractivity contribution in [2.24, 2.45) is 0 Å². The van der Waals surface area contributed by atoms with E-state index in [1.165, 1.54) is 12.1 Å². The van der Waals surface area contributed by atoms with Crippen LogP contribution in [0.3, 0.4) is 0 Å². The van der Waals surface area contributed by atoms with Gasteiger partial charge in [0, 0.05) is 12.0 Å². The topological polar surface area (TPSA) is 88.4 Å². The molecule has 0 aliphatic heterocycles. The summed E-state index contributed by atoms with van der Waals surface area (Å²) in [6.45, 7) is 0. The molecular weight excluding hydrogens is 308 g/mol. The Kier molecular flexibility index (Phi) is 3.84. The summed E-state index contributed by atoms with van der Waals surface area (Å²) in [5.74, 6) is 0.759. The Hall–Kier alpha value is -2.73. The number of aromatic nitrogens is 2. The number of H-pyrrole nitrogens is 1. The molecular formula is C15H11ClN2O4. The molecule has 0 radical (unpaired) electrons. The molecule has 2 aromatic carbocycles. The summed E-state index contributed by atoms with van der Waals surface area (Å²) in [5, 5.41) is 13.7. The van der Waals surface area contributed by atoms with Crippen molar-refractivity contribution in [3.63, 3.8) is 0 Å². The molecule has 0 amide bonds. The zero-order chi connectivity index (χ0) is 15.5. The summed E-state index contributed by atoms with van der Waals surface area (Å²) < 4.78 is 10.2. The van der Waals surface area contributed by atoms with Gasteiger partial charge in [0.25, 0.3) is 0 Å². The molecule has 1 aromatic heterocycles. The minimum atomic E-state index is -0.635. The Labute approximate surface area is 129 Å². The Bertz CT molecular complexity index is 856. The van der Waals surface area contributed by atoms with Crippen LogP contribution in [0.2, 0.25) is 5.02 Å². The number of phenolic OH excluding ortho intramolecular Hbond substituents is 1. The van der Waals surface area contributed by atoms with E-state index < -0.39 is 5.76 Å². The molecule has 3 rings (SSSR count). The second-order valence-electron chi connectivity index (χ2n) is 4.54. The number of ether oxygens (including phenoxy) is 1. The van der Waals surface area contributed by atoms with Crippen molar-refractivity contribution in [1.29, 1.82) is 0 Å². The molecule has 22 heavy (non-hydrogen) atoms. The molecule has 0 aliphatic carbocycles. The van der Waals surface area contributed by atoms with Crippen molar-refractivity contribution in [3.05, 3.63) is 69.4 Å². The number of hydrogen-bond acceptors (Lipinski definition) is 5. The van der Waals surface area contributed by atoms with E-state index in [-0.39, 0.29) is 12.2 Å². The predicted octanol–water partition coefficient (Wildman–Crippen LogP) is 3.11. The average Bonchev–Trinajstić information content (AvgIpc) is 2.89. The molecule has 0 bridgehead atoms. The van der Waals surface area contributed by atoms with Crippen molar-refractivity contribution in [2.75, 3.05) is 0 Å². The van der Waals surface area contributed by atoms with Gasteiger partial charge in [0.05, 0.1) is 5.02 Å². The first kappa shape index (κ1) is 14.2. The maximum absolute atomic E-state index is 11.0. The summed E-state index contributed by atoms with van der Waals surface area (Å²) in [6, 6.07) is 11.7. The smallest absolute Gasteiger partial charge is 0.438 e. The fraction of sp³-hybridized carbons (Fsp3) is 0.0667. The van der Waals surface area contributed by atoms with E-state index in [1.807, 2.05) is 0 Å². The SMILES string of the molecule is O=c1[nH]c(Cc2cc(O)ccc2Oc2ccccc2Cl)no1. The summed E-state index contributed by atoms with van der Waals surface area (Å²) in [4.78, 5) is 13.4. The average molecular weight is 319 g/mol. The van der Waals surface area contributed by atoms with E-state index in [1.54, 1.807) is 30.3 Å². The van der Waals surface area contributed by atoms with Gasteiger partial charge in [0.15, 0.2) is 5.82 Å². The van der Waals surface area contributed by atoms with Crippen LogP contribution >= 0.6 is 11.6 Å². The lowest BCUT2D eigenvalue weighted by Crippen LogP contribution is -1.99. The highest BCUT2D eigenvalue weighted by Gasteiger charge is 2.11. The second kappa shape index (κ2) is 5.95. The van der Waals surface area contributed by atoms with Crippen LogP contribution in [0.25, 0.3) is 0 Å². The predicted molar refractivity (Wildman–Crippen MR) is 79.6 cm³/mol. The molecule has 2 N–H and O–H groups in total.